The number of nitrogens with one attached hydrogen (secondary N) is 2. The maximum atomic E-state index is 4.02. The minimum atomic E-state index is 0.287. The molecule has 2 heterocycles. The summed E-state index contributed by atoms with van der Waals surface area (Å²) in [5.41, 5.74) is 3.15. The molecule has 1 aromatic rings. The second-order valence-corrected chi connectivity index (χ2v) is 2.44. The molecule has 1 aliphatic rings. The number of rotatable bonds is 2. The maximum absolute atomic E-state index is 4.02. The van der Waals surface area contributed by atoms with Crippen molar-refractivity contribution in [2.75, 3.05) is 5.43 Å². The third-order valence-corrected chi connectivity index (χ3v) is 1.58. The van der Waals surface area contributed by atoms with E-state index < -0.39 is 0 Å². The zero-order chi connectivity index (χ0) is 7.52. The van der Waals surface area contributed by atoms with Crippen LogP contribution in [0.3, 0.4) is 0 Å². The third-order valence-electron chi connectivity index (χ3n) is 1.58. The number of hydrogen-bond acceptors (Lipinski definition) is 3. The van der Waals surface area contributed by atoms with Crippen LogP contribution in [0.5, 0.6) is 0 Å². The quantitative estimate of drug-likeness (QED) is 0.635. The molecule has 0 saturated carbocycles. The van der Waals surface area contributed by atoms with Crippen molar-refractivity contribution >= 4 is 0 Å². The highest BCUT2D eigenvalue weighted by atomic mass is 15.6. The molecule has 4 heteroatoms. The fourth-order valence-electron chi connectivity index (χ4n) is 1.05. The zero-order valence-electron chi connectivity index (χ0n) is 6.07. The Morgan fingerprint density at radius 2 is 2.64 bits per heavy atom. The molecule has 0 aliphatic carbocycles. The maximum Gasteiger partial charge on any atom is 0.116 e. The molecular formula is C7H10N4. The number of aromatic nitrogens is 2. The molecule has 0 aromatic carbocycles. The summed E-state index contributed by atoms with van der Waals surface area (Å²) in [5, 5.41) is 7.16. The molecule has 2 rings (SSSR count). The summed E-state index contributed by atoms with van der Waals surface area (Å²) in [5.74, 6) is 0. The molecular weight excluding hydrogens is 140 g/mol. The van der Waals surface area contributed by atoms with Crippen molar-refractivity contribution < 1.29 is 0 Å². The van der Waals surface area contributed by atoms with Gasteiger partial charge in [0.25, 0.3) is 0 Å². The standard InChI is InChI=1S/C7H10N4/c1-3-7(8-4-1)10-11-6-2-5-9-11/h1-2,4-8,10H,3H2. The van der Waals surface area contributed by atoms with Gasteiger partial charge in [0.2, 0.25) is 0 Å². The van der Waals surface area contributed by atoms with Crippen LogP contribution < -0.4 is 10.7 Å². The van der Waals surface area contributed by atoms with Crippen LogP contribution >= 0.6 is 0 Å². The van der Waals surface area contributed by atoms with Crippen LogP contribution in [0, 0.1) is 0 Å². The first kappa shape index (κ1) is 6.27. The molecule has 0 spiro atoms. The Balaban J connectivity index is 1.91. The summed E-state index contributed by atoms with van der Waals surface area (Å²) in [7, 11) is 0. The molecule has 1 aliphatic heterocycles. The summed E-state index contributed by atoms with van der Waals surface area (Å²) < 4.78 is 0. The molecule has 0 fully saturated rings. The zero-order valence-corrected chi connectivity index (χ0v) is 6.07. The first-order chi connectivity index (χ1) is 5.45. The highest BCUT2D eigenvalue weighted by Crippen LogP contribution is 1.98. The van der Waals surface area contributed by atoms with Crippen molar-refractivity contribution in [2.24, 2.45) is 0 Å². The molecule has 0 radical (unpaired) electrons. The lowest BCUT2D eigenvalue weighted by molar-refractivity contribution is 0.585. The van der Waals surface area contributed by atoms with Crippen LogP contribution in [0.2, 0.25) is 0 Å². The average molecular weight is 150 g/mol. The topological polar surface area (TPSA) is 41.9 Å². The Morgan fingerprint density at radius 3 is 3.27 bits per heavy atom. The Bertz CT molecular complexity index is 231. The van der Waals surface area contributed by atoms with Gasteiger partial charge in [-0.25, -0.2) is 0 Å². The highest BCUT2D eigenvalue weighted by Gasteiger charge is 2.06. The fourth-order valence-corrected chi connectivity index (χ4v) is 1.05. The Labute approximate surface area is 64.9 Å². The predicted octanol–water partition coefficient (Wildman–Crippen LogP) is 0.260. The van der Waals surface area contributed by atoms with E-state index in [0.29, 0.717) is 0 Å². The second-order valence-electron chi connectivity index (χ2n) is 2.44. The van der Waals surface area contributed by atoms with Crippen molar-refractivity contribution in [3.63, 3.8) is 0 Å². The average Bonchev–Trinajstić information content (AvgIpc) is 2.60. The smallest absolute Gasteiger partial charge is 0.116 e. The Hall–Kier alpha value is -1.45. The Morgan fingerprint density at radius 1 is 1.64 bits per heavy atom. The van der Waals surface area contributed by atoms with Crippen molar-refractivity contribution in [1.82, 2.24) is 15.2 Å². The predicted molar refractivity (Wildman–Crippen MR) is 42.3 cm³/mol. The monoisotopic (exact) mass is 150 g/mol. The van der Waals surface area contributed by atoms with E-state index in [4.69, 9.17) is 0 Å². The van der Waals surface area contributed by atoms with Crippen molar-refractivity contribution in [3.05, 3.63) is 30.7 Å². The van der Waals surface area contributed by atoms with Gasteiger partial charge in [-0.05, 0) is 12.3 Å². The molecule has 1 aromatic heterocycles. The van der Waals surface area contributed by atoms with Gasteiger partial charge in [0.15, 0.2) is 0 Å². The molecule has 0 amide bonds. The van der Waals surface area contributed by atoms with Gasteiger partial charge in [0.1, 0.15) is 6.17 Å². The lowest BCUT2D eigenvalue weighted by atomic mass is 10.4. The van der Waals surface area contributed by atoms with Gasteiger partial charge in [0, 0.05) is 12.6 Å². The lowest BCUT2D eigenvalue weighted by Crippen LogP contribution is -2.34. The summed E-state index contributed by atoms with van der Waals surface area (Å²) >= 11 is 0. The summed E-state index contributed by atoms with van der Waals surface area (Å²) in [6, 6.07) is 1.88. The molecule has 1 unspecified atom stereocenters. The molecule has 1 atom stereocenters. The summed E-state index contributed by atoms with van der Waals surface area (Å²) in [6.07, 6.45) is 8.94. The first-order valence-electron chi connectivity index (χ1n) is 3.62. The van der Waals surface area contributed by atoms with Gasteiger partial charge in [-0.15, -0.1) is 0 Å². The van der Waals surface area contributed by atoms with Gasteiger partial charge >= 0.3 is 0 Å². The van der Waals surface area contributed by atoms with Crippen molar-refractivity contribution in [1.29, 1.82) is 0 Å². The first-order valence-corrected chi connectivity index (χ1v) is 3.62. The van der Waals surface area contributed by atoms with Crippen LogP contribution in [0.25, 0.3) is 0 Å². The van der Waals surface area contributed by atoms with Crippen LogP contribution in [0.15, 0.2) is 30.7 Å². The number of hydrogen-bond donors (Lipinski definition) is 2. The van der Waals surface area contributed by atoms with E-state index in [1.807, 2.05) is 18.5 Å². The molecule has 11 heavy (non-hydrogen) atoms. The molecule has 58 valence electrons. The van der Waals surface area contributed by atoms with Gasteiger partial charge < -0.3 is 5.32 Å². The van der Waals surface area contributed by atoms with E-state index in [2.05, 4.69) is 21.9 Å². The van der Waals surface area contributed by atoms with Crippen LogP contribution in [0.4, 0.5) is 0 Å². The molecule has 4 nitrogen and oxygen atoms in total. The van der Waals surface area contributed by atoms with E-state index in [1.54, 1.807) is 11.0 Å². The van der Waals surface area contributed by atoms with Crippen molar-refractivity contribution in [3.8, 4) is 0 Å². The van der Waals surface area contributed by atoms with E-state index in [1.165, 1.54) is 0 Å². The van der Waals surface area contributed by atoms with Gasteiger partial charge in [-0.3, -0.25) is 5.43 Å². The van der Waals surface area contributed by atoms with E-state index in [0.717, 1.165) is 6.42 Å². The third kappa shape index (κ3) is 1.34. The van der Waals surface area contributed by atoms with Gasteiger partial charge in [0.05, 0.1) is 6.20 Å². The summed E-state index contributed by atoms with van der Waals surface area (Å²) in [4.78, 5) is 1.70. The van der Waals surface area contributed by atoms with Crippen LogP contribution in [0.1, 0.15) is 6.42 Å². The van der Waals surface area contributed by atoms with Crippen molar-refractivity contribution in [2.45, 2.75) is 12.6 Å². The molecule has 0 saturated heterocycles. The van der Waals surface area contributed by atoms with Gasteiger partial charge in [-0.1, -0.05) is 6.08 Å². The lowest BCUT2D eigenvalue weighted by Gasteiger charge is -2.13. The largest absolute Gasteiger partial charge is 0.370 e. The van der Waals surface area contributed by atoms with E-state index >= 15 is 0 Å². The molecule has 2 N–H and O–H groups in total. The van der Waals surface area contributed by atoms with E-state index in [-0.39, 0.29) is 6.17 Å². The van der Waals surface area contributed by atoms with Crippen LogP contribution in [-0.2, 0) is 0 Å². The minimum Gasteiger partial charge on any atom is -0.370 e. The van der Waals surface area contributed by atoms with Crippen LogP contribution in [-0.4, -0.2) is 16.1 Å². The normalized spacial score (nSPS) is 21.6. The number of nitrogens with zero attached hydrogens (tertiary/aromatic N) is 2. The molecule has 0 bridgehead atoms. The minimum absolute atomic E-state index is 0.287. The fraction of sp³-hybridized carbons (Fsp3) is 0.286. The summed E-state index contributed by atoms with van der Waals surface area (Å²) in [6.45, 7) is 0. The Kier molecular flexibility index (Phi) is 1.51. The second kappa shape index (κ2) is 2.65. The van der Waals surface area contributed by atoms with E-state index in [9.17, 15) is 0 Å². The SMILES string of the molecule is C1=CNC(Nn2cccn2)C1. The van der Waals surface area contributed by atoms with Gasteiger partial charge in [-0.2, -0.15) is 9.89 Å². The highest BCUT2D eigenvalue weighted by molar-refractivity contribution is 4.99.